The average Bonchev–Trinajstić information content (AvgIpc) is 2.57. The molecule has 0 heterocycles. The highest BCUT2D eigenvalue weighted by molar-refractivity contribution is 5.77. The molecule has 0 aromatic rings. The summed E-state index contributed by atoms with van der Waals surface area (Å²) in [5.74, 6) is 0.164. The van der Waals surface area contributed by atoms with Crippen molar-refractivity contribution in [2.24, 2.45) is 0 Å². The largest absolute Gasteiger partial charge is 0.335 e. The van der Waals surface area contributed by atoms with Crippen LogP contribution in [0.4, 0.5) is 0 Å². The number of amides is 2. The molecule has 0 aliphatic carbocycles. The lowest BCUT2D eigenvalue weighted by Crippen LogP contribution is -2.31. The first-order valence-corrected chi connectivity index (χ1v) is 8.24. The van der Waals surface area contributed by atoms with Crippen LogP contribution in [0.5, 0.6) is 0 Å². The summed E-state index contributed by atoms with van der Waals surface area (Å²) in [5, 5.41) is 0. The monoisotopic (exact) mass is 330 g/mol. The smallest absolute Gasteiger partial charge is 0.223 e. The van der Waals surface area contributed by atoms with Crippen molar-refractivity contribution in [1.82, 2.24) is 9.80 Å². The highest BCUT2D eigenvalue weighted by atomic mass is 16.2. The highest BCUT2D eigenvalue weighted by Gasteiger charge is 2.10. The van der Waals surface area contributed by atoms with Gasteiger partial charge in [-0.3, -0.25) is 9.59 Å². The SMILES string of the molecule is C=CCN(CC=C)C(=O)CC/C=C/CCC(=O)N(CC=C)CC=C. The molecular formula is C20H30N2O2. The van der Waals surface area contributed by atoms with Crippen LogP contribution in [0.2, 0.25) is 0 Å². The van der Waals surface area contributed by atoms with Crippen molar-refractivity contribution in [2.45, 2.75) is 25.7 Å². The molecule has 2 amide bonds. The van der Waals surface area contributed by atoms with Gasteiger partial charge in [-0.15, -0.1) is 26.3 Å². The van der Waals surface area contributed by atoms with Crippen LogP contribution in [-0.2, 0) is 9.59 Å². The van der Waals surface area contributed by atoms with Crippen molar-refractivity contribution in [3.63, 3.8) is 0 Å². The Labute approximate surface area is 146 Å². The molecule has 0 rings (SSSR count). The van der Waals surface area contributed by atoms with Gasteiger partial charge in [0.1, 0.15) is 0 Å². The second-order valence-electron chi connectivity index (χ2n) is 5.30. The third-order valence-electron chi connectivity index (χ3n) is 3.32. The first-order valence-electron chi connectivity index (χ1n) is 8.24. The van der Waals surface area contributed by atoms with Gasteiger partial charge in [0.25, 0.3) is 0 Å². The molecule has 0 bridgehead atoms. The molecule has 4 nitrogen and oxygen atoms in total. The van der Waals surface area contributed by atoms with E-state index >= 15 is 0 Å². The van der Waals surface area contributed by atoms with Crippen LogP contribution in [0, 0.1) is 0 Å². The fourth-order valence-electron chi connectivity index (χ4n) is 2.15. The van der Waals surface area contributed by atoms with E-state index in [0.29, 0.717) is 51.9 Å². The number of carbonyl (C=O) groups is 2. The molecule has 0 spiro atoms. The van der Waals surface area contributed by atoms with Gasteiger partial charge >= 0.3 is 0 Å². The predicted octanol–water partition coefficient (Wildman–Crippen LogP) is 3.50. The Morgan fingerprint density at radius 3 is 1.17 bits per heavy atom. The fourth-order valence-corrected chi connectivity index (χ4v) is 2.15. The Morgan fingerprint density at radius 1 is 0.625 bits per heavy atom. The van der Waals surface area contributed by atoms with Gasteiger partial charge in [-0.1, -0.05) is 36.5 Å². The number of hydrogen-bond acceptors (Lipinski definition) is 2. The number of hydrogen-bond donors (Lipinski definition) is 0. The zero-order valence-corrected chi connectivity index (χ0v) is 14.7. The van der Waals surface area contributed by atoms with Gasteiger partial charge in [0.2, 0.25) is 11.8 Å². The van der Waals surface area contributed by atoms with E-state index in [1.165, 1.54) is 0 Å². The van der Waals surface area contributed by atoms with Gasteiger partial charge in [-0.05, 0) is 12.8 Å². The third-order valence-corrected chi connectivity index (χ3v) is 3.32. The summed E-state index contributed by atoms with van der Waals surface area (Å²) in [6.45, 7) is 16.7. The quantitative estimate of drug-likeness (QED) is 0.457. The summed E-state index contributed by atoms with van der Waals surface area (Å²) in [7, 11) is 0. The molecule has 0 aliphatic heterocycles. The van der Waals surface area contributed by atoms with Crippen molar-refractivity contribution in [3.8, 4) is 0 Å². The predicted molar refractivity (Wildman–Crippen MR) is 102 cm³/mol. The van der Waals surface area contributed by atoms with Crippen LogP contribution in [0.1, 0.15) is 25.7 Å². The van der Waals surface area contributed by atoms with Gasteiger partial charge in [0.15, 0.2) is 0 Å². The summed E-state index contributed by atoms with van der Waals surface area (Å²) in [6, 6.07) is 0. The summed E-state index contributed by atoms with van der Waals surface area (Å²) in [5.41, 5.74) is 0. The van der Waals surface area contributed by atoms with Crippen molar-refractivity contribution in [3.05, 3.63) is 62.8 Å². The Bertz CT molecular complexity index is 404. The number of carbonyl (C=O) groups excluding carboxylic acids is 2. The van der Waals surface area contributed by atoms with Crippen LogP contribution in [0.15, 0.2) is 62.8 Å². The minimum atomic E-state index is 0.0821. The Kier molecular flexibility index (Phi) is 12.8. The molecule has 0 unspecified atom stereocenters. The van der Waals surface area contributed by atoms with E-state index in [9.17, 15) is 9.59 Å². The van der Waals surface area contributed by atoms with E-state index in [2.05, 4.69) is 26.3 Å². The maximum atomic E-state index is 12.0. The third kappa shape index (κ3) is 9.62. The van der Waals surface area contributed by atoms with E-state index < -0.39 is 0 Å². The minimum Gasteiger partial charge on any atom is -0.335 e. The highest BCUT2D eigenvalue weighted by Crippen LogP contribution is 2.03. The Balaban J connectivity index is 4.11. The topological polar surface area (TPSA) is 40.6 Å². The zero-order chi connectivity index (χ0) is 18.2. The normalized spacial score (nSPS) is 10.2. The minimum absolute atomic E-state index is 0.0821. The lowest BCUT2D eigenvalue weighted by atomic mass is 10.2. The molecule has 24 heavy (non-hydrogen) atoms. The molecule has 0 saturated heterocycles. The molecule has 0 saturated carbocycles. The van der Waals surface area contributed by atoms with Crippen LogP contribution in [0.3, 0.4) is 0 Å². The first-order chi connectivity index (χ1) is 11.6. The van der Waals surface area contributed by atoms with Gasteiger partial charge in [0.05, 0.1) is 0 Å². The van der Waals surface area contributed by atoms with Crippen LogP contribution in [-0.4, -0.2) is 47.8 Å². The summed E-state index contributed by atoms with van der Waals surface area (Å²) in [4.78, 5) is 27.4. The molecule has 0 atom stereocenters. The van der Waals surface area contributed by atoms with Crippen molar-refractivity contribution >= 4 is 11.8 Å². The van der Waals surface area contributed by atoms with Crippen molar-refractivity contribution in [1.29, 1.82) is 0 Å². The summed E-state index contributed by atoms with van der Waals surface area (Å²) in [6.07, 6.45) is 13.0. The molecule has 0 radical (unpaired) electrons. The lowest BCUT2D eigenvalue weighted by Gasteiger charge is -2.19. The summed E-state index contributed by atoms with van der Waals surface area (Å²) >= 11 is 0. The Hall–Kier alpha value is -2.36. The van der Waals surface area contributed by atoms with Crippen LogP contribution < -0.4 is 0 Å². The second-order valence-corrected chi connectivity index (χ2v) is 5.30. The Morgan fingerprint density at radius 2 is 0.917 bits per heavy atom. The molecule has 0 aliphatic rings. The van der Waals surface area contributed by atoms with Crippen LogP contribution >= 0.6 is 0 Å². The molecule has 0 aromatic carbocycles. The van der Waals surface area contributed by atoms with Gasteiger partial charge < -0.3 is 9.80 Å². The maximum Gasteiger partial charge on any atom is 0.223 e. The van der Waals surface area contributed by atoms with Gasteiger partial charge in [-0.25, -0.2) is 0 Å². The van der Waals surface area contributed by atoms with Gasteiger partial charge in [-0.2, -0.15) is 0 Å². The molecule has 0 N–H and O–H groups in total. The van der Waals surface area contributed by atoms with E-state index in [-0.39, 0.29) is 11.8 Å². The molecule has 0 fully saturated rings. The van der Waals surface area contributed by atoms with Gasteiger partial charge in [0, 0.05) is 39.0 Å². The number of nitrogens with zero attached hydrogens (tertiary/aromatic N) is 2. The van der Waals surface area contributed by atoms with Crippen LogP contribution in [0.25, 0.3) is 0 Å². The molecule has 132 valence electrons. The van der Waals surface area contributed by atoms with E-state index in [1.54, 1.807) is 34.1 Å². The first kappa shape index (κ1) is 21.6. The zero-order valence-electron chi connectivity index (χ0n) is 14.7. The van der Waals surface area contributed by atoms with E-state index in [1.807, 2.05) is 12.2 Å². The standard InChI is InChI=1S/C20H30N2O2/c1-5-15-21(16-6-2)19(23)13-11-9-10-12-14-20(24)22(17-7-3)18-8-4/h5-10H,1-4,11-18H2/b10-9+. The van der Waals surface area contributed by atoms with Crippen molar-refractivity contribution in [2.75, 3.05) is 26.2 Å². The molecular weight excluding hydrogens is 300 g/mol. The molecule has 0 aromatic heterocycles. The molecule has 4 heteroatoms. The summed E-state index contributed by atoms with van der Waals surface area (Å²) < 4.78 is 0. The average molecular weight is 330 g/mol. The van der Waals surface area contributed by atoms with Crippen molar-refractivity contribution < 1.29 is 9.59 Å². The number of rotatable bonds is 14. The van der Waals surface area contributed by atoms with E-state index in [4.69, 9.17) is 0 Å². The maximum absolute atomic E-state index is 12.0. The second kappa shape index (κ2) is 14.2. The fraction of sp³-hybridized carbons (Fsp3) is 0.400. The lowest BCUT2D eigenvalue weighted by molar-refractivity contribution is -0.130. The van der Waals surface area contributed by atoms with E-state index in [0.717, 1.165) is 0 Å². The number of allylic oxidation sites excluding steroid dienone is 2.